The Labute approximate surface area is 222 Å². The molecule has 2 aromatic carbocycles. The highest BCUT2D eigenvalue weighted by molar-refractivity contribution is 6.09. The summed E-state index contributed by atoms with van der Waals surface area (Å²) < 4.78 is 0. The first-order chi connectivity index (χ1) is 17.6. The Hall–Kier alpha value is -2.29. The standard InChI is InChI=1S/C33H52N2O/c1-5-9-13-25-34(26-14-10-6-2)31-21-17-29(18-22-31)33(36)30-19-23-32(24-20-30)35(27-15-11-7-3)28-16-12-8-4/h17-24H,5-16,25-28H2,1-4H3. The number of rotatable bonds is 20. The van der Waals surface area contributed by atoms with Crippen LogP contribution in [0.3, 0.4) is 0 Å². The van der Waals surface area contributed by atoms with Gasteiger partial charge in [0.2, 0.25) is 0 Å². The third-order valence-electron chi connectivity index (χ3n) is 7.12. The van der Waals surface area contributed by atoms with Crippen molar-refractivity contribution < 1.29 is 4.79 Å². The van der Waals surface area contributed by atoms with Gasteiger partial charge in [-0.05, 0) is 74.2 Å². The average molecular weight is 493 g/mol. The van der Waals surface area contributed by atoms with Gasteiger partial charge >= 0.3 is 0 Å². The van der Waals surface area contributed by atoms with Crippen molar-refractivity contribution >= 4 is 17.2 Å². The molecule has 36 heavy (non-hydrogen) atoms. The largest absolute Gasteiger partial charge is 0.372 e. The van der Waals surface area contributed by atoms with E-state index in [1.807, 2.05) is 24.3 Å². The van der Waals surface area contributed by atoms with E-state index in [9.17, 15) is 4.79 Å². The van der Waals surface area contributed by atoms with Crippen LogP contribution in [0.2, 0.25) is 0 Å². The van der Waals surface area contributed by atoms with Gasteiger partial charge in [-0.15, -0.1) is 0 Å². The maximum absolute atomic E-state index is 13.2. The Kier molecular flexibility index (Phi) is 15.0. The van der Waals surface area contributed by atoms with Crippen molar-refractivity contribution in [3.8, 4) is 0 Å². The molecule has 0 aromatic heterocycles. The molecule has 0 fully saturated rings. The molecule has 0 aliphatic carbocycles. The first-order valence-electron chi connectivity index (χ1n) is 14.9. The van der Waals surface area contributed by atoms with Crippen LogP contribution < -0.4 is 9.80 Å². The van der Waals surface area contributed by atoms with Crippen LogP contribution in [0.5, 0.6) is 0 Å². The maximum atomic E-state index is 13.2. The number of hydrogen-bond donors (Lipinski definition) is 0. The van der Waals surface area contributed by atoms with Gasteiger partial charge in [0, 0.05) is 48.7 Å². The molecule has 0 atom stereocenters. The summed E-state index contributed by atoms with van der Waals surface area (Å²) in [6, 6.07) is 16.6. The number of benzene rings is 2. The molecule has 0 saturated heterocycles. The highest BCUT2D eigenvalue weighted by Gasteiger charge is 2.13. The quantitative estimate of drug-likeness (QED) is 0.136. The SMILES string of the molecule is CCCCCN(CCCCC)c1ccc(C(=O)c2ccc(N(CCCCC)CCCCC)cc2)cc1. The highest BCUT2D eigenvalue weighted by Crippen LogP contribution is 2.22. The second-order valence-corrected chi connectivity index (χ2v) is 10.2. The van der Waals surface area contributed by atoms with Crippen LogP contribution in [0.15, 0.2) is 48.5 Å². The van der Waals surface area contributed by atoms with Gasteiger partial charge in [-0.1, -0.05) is 79.1 Å². The molecular formula is C33H52N2O. The molecule has 0 saturated carbocycles. The molecule has 0 radical (unpaired) electrons. The Morgan fingerprint density at radius 2 is 0.750 bits per heavy atom. The topological polar surface area (TPSA) is 23.6 Å². The normalized spacial score (nSPS) is 11.0. The van der Waals surface area contributed by atoms with Gasteiger partial charge in [0.25, 0.3) is 0 Å². The second kappa shape index (κ2) is 18.0. The predicted octanol–water partition coefficient (Wildman–Crippen LogP) is 9.29. The Morgan fingerprint density at radius 1 is 0.472 bits per heavy atom. The first kappa shape index (κ1) is 29.9. The molecule has 200 valence electrons. The van der Waals surface area contributed by atoms with Gasteiger partial charge in [0.1, 0.15) is 0 Å². The summed E-state index contributed by atoms with van der Waals surface area (Å²) >= 11 is 0. The zero-order valence-electron chi connectivity index (χ0n) is 23.7. The highest BCUT2D eigenvalue weighted by atomic mass is 16.1. The van der Waals surface area contributed by atoms with Crippen molar-refractivity contribution in [2.45, 2.75) is 105 Å². The van der Waals surface area contributed by atoms with E-state index in [0.29, 0.717) is 0 Å². The number of hydrogen-bond acceptors (Lipinski definition) is 3. The van der Waals surface area contributed by atoms with Gasteiger partial charge in [-0.3, -0.25) is 4.79 Å². The van der Waals surface area contributed by atoms with Crippen LogP contribution in [0, 0.1) is 0 Å². The number of carbonyl (C=O) groups is 1. The summed E-state index contributed by atoms with van der Waals surface area (Å²) in [5.74, 6) is 0.111. The maximum Gasteiger partial charge on any atom is 0.193 e. The number of nitrogens with zero attached hydrogens (tertiary/aromatic N) is 2. The van der Waals surface area contributed by atoms with Crippen molar-refractivity contribution in [2.24, 2.45) is 0 Å². The van der Waals surface area contributed by atoms with Crippen LogP contribution in [0.1, 0.15) is 121 Å². The number of unbranched alkanes of at least 4 members (excludes halogenated alkanes) is 8. The summed E-state index contributed by atoms with van der Waals surface area (Å²) in [4.78, 5) is 18.2. The van der Waals surface area contributed by atoms with E-state index in [2.05, 4.69) is 61.8 Å². The Morgan fingerprint density at radius 3 is 1.00 bits per heavy atom. The molecule has 3 nitrogen and oxygen atoms in total. The van der Waals surface area contributed by atoms with E-state index < -0.39 is 0 Å². The lowest BCUT2D eigenvalue weighted by atomic mass is 10.0. The number of carbonyl (C=O) groups excluding carboxylic acids is 1. The van der Waals surface area contributed by atoms with Gasteiger partial charge in [-0.2, -0.15) is 0 Å². The molecule has 3 heteroatoms. The van der Waals surface area contributed by atoms with E-state index in [4.69, 9.17) is 0 Å². The summed E-state index contributed by atoms with van der Waals surface area (Å²) in [6.07, 6.45) is 14.9. The van der Waals surface area contributed by atoms with E-state index in [0.717, 1.165) is 37.3 Å². The molecule has 0 bridgehead atoms. The molecule has 2 aromatic rings. The predicted molar refractivity (Wildman–Crippen MR) is 159 cm³/mol. The second-order valence-electron chi connectivity index (χ2n) is 10.2. The van der Waals surface area contributed by atoms with Gasteiger partial charge in [-0.25, -0.2) is 0 Å². The Bertz CT molecular complexity index is 738. The molecule has 0 heterocycles. The molecule has 0 spiro atoms. The van der Waals surface area contributed by atoms with E-state index in [-0.39, 0.29) is 5.78 Å². The lowest BCUT2D eigenvalue weighted by molar-refractivity contribution is 0.103. The molecule has 0 aliphatic heterocycles. The van der Waals surface area contributed by atoms with Crippen LogP contribution in [0.4, 0.5) is 11.4 Å². The van der Waals surface area contributed by atoms with Crippen molar-refractivity contribution in [3.63, 3.8) is 0 Å². The minimum absolute atomic E-state index is 0.111. The molecule has 0 unspecified atom stereocenters. The fourth-order valence-corrected chi connectivity index (χ4v) is 4.76. The molecule has 0 amide bonds. The smallest absolute Gasteiger partial charge is 0.193 e. The number of ketones is 1. The molecule has 0 aliphatic rings. The van der Waals surface area contributed by atoms with E-state index in [1.165, 1.54) is 88.4 Å². The third kappa shape index (κ3) is 10.4. The van der Waals surface area contributed by atoms with E-state index in [1.54, 1.807) is 0 Å². The zero-order valence-corrected chi connectivity index (χ0v) is 23.7. The fraction of sp³-hybridized carbons (Fsp3) is 0.606. The van der Waals surface area contributed by atoms with Crippen molar-refractivity contribution in [2.75, 3.05) is 36.0 Å². The minimum Gasteiger partial charge on any atom is -0.372 e. The molecule has 2 rings (SSSR count). The summed E-state index contributed by atoms with van der Waals surface area (Å²) in [5.41, 5.74) is 4.03. The summed E-state index contributed by atoms with van der Waals surface area (Å²) in [6.45, 7) is 13.4. The first-order valence-corrected chi connectivity index (χ1v) is 14.9. The van der Waals surface area contributed by atoms with Gasteiger partial charge in [0.05, 0.1) is 0 Å². The van der Waals surface area contributed by atoms with Gasteiger partial charge in [0.15, 0.2) is 5.78 Å². The lowest BCUT2D eigenvalue weighted by Crippen LogP contribution is -2.26. The van der Waals surface area contributed by atoms with Gasteiger partial charge < -0.3 is 9.80 Å². The zero-order chi connectivity index (χ0) is 26.0. The molecule has 0 N–H and O–H groups in total. The fourth-order valence-electron chi connectivity index (χ4n) is 4.76. The molecular weight excluding hydrogens is 440 g/mol. The van der Waals surface area contributed by atoms with Crippen molar-refractivity contribution in [3.05, 3.63) is 59.7 Å². The van der Waals surface area contributed by atoms with Crippen molar-refractivity contribution in [1.82, 2.24) is 0 Å². The Balaban J connectivity index is 2.07. The number of anilines is 2. The monoisotopic (exact) mass is 492 g/mol. The third-order valence-corrected chi connectivity index (χ3v) is 7.12. The van der Waals surface area contributed by atoms with E-state index >= 15 is 0 Å². The average Bonchev–Trinajstić information content (AvgIpc) is 2.91. The lowest BCUT2D eigenvalue weighted by Gasteiger charge is -2.25. The summed E-state index contributed by atoms with van der Waals surface area (Å²) in [5, 5.41) is 0. The summed E-state index contributed by atoms with van der Waals surface area (Å²) in [7, 11) is 0. The van der Waals surface area contributed by atoms with Crippen LogP contribution in [-0.2, 0) is 0 Å². The van der Waals surface area contributed by atoms with Crippen molar-refractivity contribution in [1.29, 1.82) is 0 Å². The van der Waals surface area contributed by atoms with Crippen LogP contribution in [0.25, 0.3) is 0 Å². The van der Waals surface area contributed by atoms with Crippen LogP contribution in [-0.4, -0.2) is 32.0 Å². The minimum atomic E-state index is 0.111. The van der Waals surface area contributed by atoms with Crippen LogP contribution >= 0.6 is 0 Å².